The first-order valence-electron chi connectivity index (χ1n) is 9.18. The molecule has 0 fully saturated rings. The van der Waals surface area contributed by atoms with Gasteiger partial charge >= 0.3 is 0 Å². The van der Waals surface area contributed by atoms with Gasteiger partial charge in [0.1, 0.15) is 14.8 Å². The lowest BCUT2D eigenvalue weighted by molar-refractivity contribution is 0.133. The maximum atomic E-state index is 5.41. The summed E-state index contributed by atoms with van der Waals surface area (Å²) >= 11 is 0. The quantitative estimate of drug-likeness (QED) is 0.501. The summed E-state index contributed by atoms with van der Waals surface area (Å²) in [5.41, 5.74) is 7.27. The molecule has 142 valence electrons. The highest BCUT2D eigenvalue weighted by atomic mass is 28.3. The lowest BCUT2D eigenvalue weighted by atomic mass is 9.90. The summed E-state index contributed by atoms with van der Waals surface area (Å²) in [6, 6.07) is 8.05. The molecule has 3 rings (SSSR count). The minimum absolute atomic E-state index is 0.104. The molecule has 0 atom stereocenters. The van der Waals surface area contributed by atoms with Crippen LogP contribution in [0.1, 0.15) is 32.0 Å². The normalized spacial score (nSPS) is 12.3. The van der Waals surface area contributed by atoms with Crippen LogP contribution >= 0.6 is 0 Å². The highest BCUT2D eigenvalue weighted by Gasteiger charge is 2.24. The maximum absolute atomic E-state index is 5.41. The number of rotatable bonds is 3. The Labute approximate surface area is 162 Å². The molecule has 0 aliphatic heterocycles. The van der Waals surface area contributed by atoms with Gasteiger partial charge in [-0.3, -0.25) is 4.57 Å². The highest BCUT2D eigenvalue weighted by Crippen LogP contribution is 2.26. The number of hydrogen-bond donors (Lipinski definition) is 0. The van der Waals surface area contributed by atoms with Crippen molar-refractivity contribution < 1.29 is 4.74 Å². The van der Waals surface area contributed by atoms with E-state index in [0.29, 0.717) is 6.73 Å². The van der Waals surface area contributed by atoms with Gasteiger partial charge in [0, 0.05) is 18.7 Å². The summed E-state index contributed by atoms with van der Waals surface area (Å²) in [5, 5.41) is 4.88. The van der Waals surface area contributed by atoms with Crippen LogP contribution in [0, 0.1) is 11.5 Å². The van der Waals surface area contributed by atoms with Crippen molar-refractivity contribution in [2.24, 2.45) is 0 Å². The third kappa shape index (κ3) is 4.15. The summed E-state index contributed by atoms with van der Waals surface area (Å²) in [6.07, 6.45) is 2.00. The van der Waals surface area contributed by atoms with E-state index in [0.717, 1.165) is 28.2 Å². The van der Waals surface area contributed by atoms with Gasteiger partial charge in [-0.1, -0.05) is 58.5 Å². The van der Waals surface area contributed by atoms with E-state index in [1.807, 2.05) is 39.7 Å². The van der Waals surface area contributed by atoms with Crippen molar-refractivity contribution >= 4 is 19.1 Å². The lowest BCUT2D eigenvalue weighted by Gasteiger charge is -2.16. The Morgan fingerprint density at radius 1 is 1.15 bits per heavy atom. The summed E-state index contributed by atoms with van der Waals surface area (Å²) in [6.45, 7) is 13.7. The van der Waals surface area contributed by atoms with Crippen molar-refractivity contribution in [1.82, 2.24) is 19.3 Å². The molecule has 0 saturated carbocycles. The van der Waals surface area contributed by atoms with Crippen LogP contribution in [0.15, 0.2) is 30.5 Å². The monoisotopic (exact) mass is 380 g/mol. The molecule has 0 aliphatic carbocycles. The number of benzene rings is 1. The van der Waals surface area contributed by atoms with Gasteiger partial charge < -0.3 is 4.74 Å². The zero-order chi connectivity index (χ0) is 19.8. The van der Waals surface area contributed by atoms with E-state index in [1.54, 1.807) is 7.11 Å². The average Bonchev–Trinajstić information content (AvgIpc) is 3.14. The van der Waals surface area contributed by atoms with Gasteiger partial charge in [-0.05, 0) is 12.1 Å². The van der Waals surface area contributed by atoms with Crippen LogP contribution < -0.4 is 0 Å². The van der Waals surface area contributed by atoms with Gasteiger partial charge in [0.2, 0.25) is 5.95 Å². The minimum atomic E-state index is -1.48. The molecule has 27 heavy (non-hydrogen) atoms. The van der Waals surface area contributed by atoms with Crippen molar-refractivity contribution in [1.29, 1.82) is 0 Å². The predicted octanol–water partition coefficient (Wildman–Crippen LogP) is 4.35. The molecule has 0 bridgehead atoms. The van der Waals surface area contributed by atoms with E-state index in [2.05, 4.69) is 51.9 Å². The molecule has 6 heteroatoms. The van der Waals surface area contributed by atoms with E-state index in [-0.39, 0.29) is 5.41 Å². The molecule has 3 aromatic rings. The van der Waals surface area contributed by atoms with Crippen LogP contribution in [0.4, 0.5) is 0 Å². The summed E-state index contributed by atoms with van der Waals surface area (Å²) in [4.78, 5) is 4.79. The summed E-state index contributed by atoms with van der Waals surface area (Å²) in [5.74, 6) is 4.14. The topological polar surface area (TPSA) is 44.9 Å². The van der Waals surface area contributed by atoms with Crippen molar-refractivity contribution in [2.45, 2.75) is 52.6 Å². The number of fused-ring (bicyclic) bond motifs is 1. The molecule has 0 amide bonds. The zero-order valence-corrected chi connectivity index (χ0v) is 18.3. The SMILES string of the molecule is COCn1c(-n2cc(C#C[Si](C)(C)C)c(C(C)(C)C)n2)nc2ccccc21. The molecule has 0 saturated heterocycles. The number of methoxy groups -OCH3 is 1. The Morgan fingerprint density at radius 2 is 1.85 bits per heavy atom. The van der Waals surface area contributed by atoms with Crippen LogP contribution in [0.3, 0.4) is 0 Å². The molecule has 0 radical (unpaired) electrons. The van der Waals surface area contributed by atoms with Gasteiger partial charge in [-0.2, -0.15) is 5.10 Å². The van der Waals surface area contributed by atoms with Crippen LogP contribution in [-0.2, 0) is 16.9 Å². The minimum Gasteiger partial charge on any atom is -0.364 e. The number of para-hydroxylation sites is 2. The first-order valence-corrected chi connectivity index (χ1v) is 12.7. The molecular weight excluding hydrogens is 352 g/mol. The second-order valence-electron chi connectivity index (χ2n) is 8.83. The lowest BCUT2D eigenvalue weighted by Crippen LogP contribution is -2.17. The Morgan fingerprint density at radius 3 is 2.48 bits per heavy atom. The largest absolute Gasteiger partial charge is 0.364 e. The first-order chi connectivity index (χ1) is 12.6. The first kappa shape index (κ1) is 19.4. The molecule has 0 N–H and O–H groups in total. The molecule has 0 aliphatic rings. The fourth-order valence-corrected chi connectivity index (χ4v) is 3.38. The van der Waals surface area contributed by atoms with Gasteiger partial charge in [-0.15, -0.1) is 5.54 Å². The third-order valence-electron chi connectivity index (χ3n) is 4.09. The van der Waals surface area contributed by atoms with Gasteiger partial charge in [0.15, 0.2) is 0 Å². The van der Waals surface area contributed by atoms with Crippen molar-refractivity contribution in [3.63, 3.8) is 0 Å². The molecular formula is C21H28N4OSi. The Hall–Kier alpha value is -2.36. The van der Waals surface area contributed by atoms with Crippen LogP contribution in [-0.4, -0.2) is 34.5 Å². The highest BCUT2D eigenvalue weighted by molar-refractivity contribution is 6.83. The third-order valence-corrected chi connectivity index (χ3v) is 4.97. The van der Waals surface area contributed by atoms with E-state index in [4.69, 9.17) is 14.8 Å². The van der Waals surface area contributed by atoms with Crippen LogP contribution in [0.25, 0.3) is 17.0 Å². The zero-order valence-electron chi connectivity index (χ0n) is 17.3. The Balaban J connectivity index is 2.20. The van der Waals surface area contributed by atoms with Crippen LogP contribution in [0.2, 0.25) is 19.6 Å². The smallest absolute Gasteiger partial charge is 0.233 e. The second-order valence-corrected chi connectivity index (χ2v) is 13.6. The van der Waals surface area contributed by atoms with Gasteiger partial charge in [0.05, 0.1) is 22.3 Å². The molecule has 1 aromatic carbocycles. The average molecular weight is 381 g/mol. The van der Waals surface area contributed by atoms with Crippen molar-refractivity contribution in [2.75, 3.05) is 7.11 Å². The summed E-state index contributed by atoms with van der Waals surface area (Å²) in [7, 11) is 0.207. The van der Waals surface area contributed by atoms with Crippen molar-refractivity contribution in [3.05, 3.63) is 41.7 Å². The fraction of sp³-hybridized carbons (Fsp3) is 0.429. The summed E-state index contributed by atoms with van der Waals surface area (Å²) < 4.78 is 9.29. The van der Waals surface area contributed by atoms with Gasteiger partial charge in [0.25, 0.3) is 0 Å². The Kier molecular flexibility index (Phi) is 5.02. The molecule has 0 spiro atoms. The predicted molar refractivity (Wildman–Crippen MR) is 113 cm³/mol. The van der Waals surface area contributed by atoms with Crippen molar-refractivity contribution in [3.8, 4) is 17.4 Å². The maximum Gasteiger partial charge on any atom is 0.233 e. The number of nitrogens with zero attached hydrogens (tertiary/aromatic N) is 4. The number of hydrogen-bond acceptors (Lipinski definition) is 3. The second kappa shape index (κ2) is 6.99. The fourth-order valence-electron chi connectivity index (χ4n) is 2.87. The molecule has 5 nitrogen and oxygen atoms in total. The number of aromatic nitrogens is 4. The standard InChI is InChI=1S/C21H28N4OSi/c1-21(2,3)19-16(12-13-27(5,6)7)14-25(23-19)20-22-17-10-8-9-11-18(17)24(20)15-26-4/h8-11,14H,15H2,1-7H3. The van der Waals surface area contributed by atoms with Crippen LogP contribution in [0.5, 0.6) is 0 Å². The molecule has 2 heterocycles. The number of imidazole rings is 1. The molecule has 0 unspecified atom stereocenters. The van der Waals surface area contributed by atoms with E-state index in [1.165, 1.54) is 0 Å². The molecule has 2 aromatic heterocycles. The Bertz CT molecular complexity index is 1020. The van der Waals surface area contributed by atoms with E-state index in [9.17, 15) is 0 Å². The van der Waals surface area contributed by atoms with Gasteiger partial charge in [-0.25, -0.2) is 9.67 Å². The van der Waals surface area contributed by atoms with E-state index < -0.39 is 8.07 Å². The number of ether oxygens (including phenoxy) is 1. The van der Waals surface area contributed by atoms with E-state index >= 15 is 0 Å².